The van der Waals surface area contributed by atoms with Crippen molar-refractivity contribution < 1.29 is 10.2 Å². The predicted molar refractivity (Wildman–Crippen MR) is 88.0 cm³/mol. The van der Waals surface area contributed by atoms with Gasteiger partial charge in [0.15, 0.2) is 0 Å². The van der Waals surface area contributed by atoms with Crippen LogP contribution < -0.4 is 5.11 Å². The minimum atomic E-state index is -0.577. The molecule has 114 valence electrons. The number of nitrogens with zero attached hydrogens (tertiary/aromatic N) is 2. The summed E-state index contributed by atoms with van der Waals surface area (Å²) in [5, 5.41) is 18.4. The van der Waals surface area contributed by atoms with E-state index in [-0.39, 0.29) is 23.1 Å². The molecule has 0 aliphatic carbocycles. The third-order valence-corrected chi connectivity index (χ3v) is 3.03. The van der Waals surface area contributed by atoms with E-state index in [4.69, 9.17) is 5.11 Å². The van der Waals surface area contributed by atoms with Crippen LogP contribution in [0.3, 0.4) is 0 Å². The molecule has 5 heteroatoms. The molecule has 1 unspecified atom stereocenters. The van der Waals surface area contributed by atoms with E-state index in [1.54, 1.807) is 6.20 Å². The molecular weight excluding hydrogens is 289 g/mol. The van der Waals surface area contributed by atoms with Gasteiger partial charge in [-0.2, -0.15) is 7.11 Å². The molecule has 1 aromatic heterocycles. The van der Waals surface area contributed by atoms with Crippen LogP contribution in [-0.2, 0) is 6.54 Å². The average Bonchev–Trinajstić information content (AvgIpc) is 2.57. The number of pyridine rings is 1. The van der Waals surface area contributed by atoms with E-state index in [9.17, 15) is 5.11 Å². The van der Waals surface area contributed by atoms with Gasteiger partial charge in [-0.3, -0.25) is 4.98 Å². The maximum atomic E-state index is 10.2. The van der Waals surface area contributed by atoms with E-state index in [0.717, 1.165) is 13.7 Å². The molecule has 0 bridgehead atoms. The normalized spacial score (nSPS) is 11.1. The van der Waals surface area contributed by atoms with Gasteiger partial charge in [0, 0.05) is 19.3 Å². The molecule has 0 aliphatic rings. The first-order chi connectivity index (χ1) is 10.3. The Morgan fingerprint density at radius 3 is 2.32 bits per heavy atom. The second-order valence-corrected chi connectivity index (χ2v) is 4.49. The van der Waals surface area contributed by atoms with Crippen LogP contribution in [0.25, 0.3) is 0 Å². The Morgan fingerprint density at radius 2 is 1.77 bits per heavy atom. The fourth-order valence-electron chi connectivity index (χ4n) is 1.99. The van der Waals surface area contributed by atoms with Crippen molar-refractivity contribution in [3.05, 3.63) is 72.9 Å². The van der Waals surface area contributed by atoms with Crippen LogP contribution in [0.2, 0.25) is 0 Å². The van der Waals surface area contributed by atoms with E-state index in [1.165, 1.54) is 5.56 Å². The Kier molecular flexibility index (Phi) is 12.0. The van der Waals surface area contributed by atoms with Crippen molar-refractivity contribution in [3.8, 4) is 0 Å². The standard InChI is InChI=1S/C16H19N2O.CH3O.Mg/c1-2-18(12-14-8-4-3-5-9-14)13-16(19)15-10-6-7-11-17-15;1-2;/h3-11,16,19H,1-2,12-13H2;1H3;/q2*-1;+2. The zero-order valence-electron chi connectivity index (χ0n) is 13.1. The second kappa shape index (κ2) is 12.5. The Morgan fingerprint density at radius 1 is 1.14 bits per heavy atom. The Balaban J connectivity index is 0.00000141. The van der Waals surface area contributed by atoms with Gasteiger partial charge in [-0.15, -0.1) is 6.54 Å². The van der Waals surface area contributed by atoms with Crippen LogP contribution in [-0.4, -0.2) is 58.2 Å². The zero-order valence-corrected chi connectivity index (χ0v) is 14.5. The molecule has 0 amide bonds. The molecule has 1 N–H and O–H groups in total. The molecule has 22 heavy (non-hydrogen) atoms. The van der Waals surface area contributed by atoms with Gasteiger partial charge in [0.05, 0.1) is 5.69 Å². The van der Waals surface area contributed by atoms with Gasteiger partial charge in [-0.05, 0) is 17.7 Å². The molecular formula is C17H22MgN2O2. The Labute approximate surface area is 149 Å². The molecule has 2 aromatic rings. The van der Waals surface area contributed by atoms with Crippen LogP contribution in [0.5, 0.6) is 0 Å². The fraction of sp³-hybridized carbons (Fsp3) is 0.294. The molecule has 0 spiro atoms. The number of hydrogen-bond donors (Lipinski definition) is 1. The van der Waals surface area contributed by atoms with Crippen LogP contribution in [0, 0.1) is 6.92 Å². The summed E-state index contributed by atoms with van der Waals surface area (Å²) >= 11 is 0. The van der Waals surface area contributed by atoms with Gasteiger partial charge in [-0.25, -0.2) is 0 Å². The van der Waals surface area contributed by atoms with Crippen molar-refractivity contribution in [2.75, 3.05) is 20.2 Å². The van der Waals surface area contributed by atoms with Crippen molar-refractivity contribution in [3.63, 3.8) is 0 Å². The van der Waals surface area contributed by atoms with Crippen LogP contribution in [0.15, 0.2) is 54.7 Å². The van der Waals surface area contributed by atoms with E-state index in [2.05, 4.69) is 28.9 Å². The molecule has 0 radical (unpaired) electrons. The Hall–Kier alpha value is -0.984. The summed E-state index contributed by atoms with van der Waals surface area (Å²) in [6.45, 7) is 5.90. The van der Waals surface area contributed by atoms with Gasteiger partial charge in [0.1, 0.15) is 6.10 Å². The number of rotatable bonds is 6. The summed E-state index contributed by atoms with van der Waals surface area (Å²) in [5.74, 6) is 0. The second-order valence-electron chi connectivity index (χ2n) is 4.49. The average molecular weight is 311 g/mol. The van der Waals surface area contributed by atoms with Crippen LogP contribution in [0.4, 0.5) is 0 Å². The van der Waals surface area contributed by atoms with Crippen molar-refractivity contribution in [2.24, 2.45) is 0 Å². The quantitative estimate of drug-likeness (QED) is 0.640. The number of aliphatic hydroxyl groups excluding tert-OH is 1. The summed E-state index contributed by atoms with van der Waals surface area (Å²) in [7, 11) is 0.750. The van der Waals surface area contributed by atoms with E-state index >= 15 is 0 Å². The van der Waals surface area contributed by atoms with Gasteiger partial charge >= 0.3 is 23.1 Å². The largest absolute Gasteiger partial charge is 2.00 e. The minimum Gasteiger partial charge on any atom is -0.857 e. The SMILES string of the molecule is C[O-].[CH2-]CN(Cc1ccccc1)CC(O)c1ccccn1.[Mg+2]. The third-order valence-electron chi connectivity index (χ3n) is 3.03. The third kappa shape index (κ3) is 7.33. The van der Waals surface area contributed by atoms with Crippen LogP contribution >= 0.6 is 0 Å². The maximum absolute atomic E-state index is 10.2. The zero-order chi connectivity index (χ0) is 15.5. The molecule has 0 saturated heterocycles. The van der Waals surface area contributed by atoms with Crippen molar-refractivity contribution in [1.82, 2.24) is 9.88 Å². The van der Waals surface area contributed by atoms with Gasteiger partial charge < -0.3 is 22.0 Å². The van der Waals surface area contributed by atoms with Gasteiger partial charge in [0.25, 0.3) is 0 Å². The van der Waals surface area contributed by atoms with Crippen molar-refractivity contribution in [1.29, 1.82) is 0 Å². The molecule has 0 fully saturated rings. The first-order valence-corrected chi connectivity index (χ1v) is 6.85. The monoisotopic (exact) mass is 310 g/mol. The minimum absolute atomic E-state index is 0. The number of aromatic nitrogens is 1. The first kappa shape index (κ1) is 21.0. The molecule has 1 heterocycles. The smallest absolute Gasteiger partial charge is 0.857 e. The van der Waals surface area contributed by atoms with E-state index in [0.29, 0.717) is 18.8 Å². The topological polar surface area (TPSA) is 59.4 Å². The number of aliphatic hydroxyl groups is 1. The first-order valence-electron chi connectivity index (χ1n) is 6.85. The summed E-state index contributed by atoms with van der Waals surface area (Å²) in [5.41, 5.74) is 1.92. The maximum Gasteiger partial charge on any atom is 2.00 e. The van der Waals surface area contributed by atoms with E-state index in [1.807, 2.05) is 36.4 Å². The summed E-state index contributed by atoms with van der Waals surface area (Å²) in [6, 6.07) is 15.8. The summed E-state index contributed by atoms with van der Waals surface area (Å²) < 4.78 is 0. The molecule has 1 atom stereocenters. The van der Waals surface area contributed by atoms with E-state index < -0.39 is 6.10 Å². The fourth-order valence-corrected chi connectivity index (χ4v) is 1.99. The molecule has 2 rings (SSSR count). The molecule has 4 nitrogen and oxygen atoms in total. The van der Waals surface area contributed by atoms with Crippen molar-refractivity contribution >= 4 is 23.1 Å². The number of hydrogen-bond acceptors (Lipinski definition) is 4. The summed E-state index contributed by atoms with van der Waals surface area (Å²) in [6.07, 6.45) is 1.12. The van der Waals surface area contributed by atoms with Crippen LogP contribution in [0.1, 0.15) is 17.4 Å². The molecule has 1 aromatic carbocycles. The molecule has 0 saturated carbocycles. The van der Waals surface area contributed by atoms with Gasteiger partial charge in [0.2, 0.25) is 0 Å². The van der Waals surface area contributed by atoms with Gasteiger partial charge in [-0.1, -0.05) is 36.4 Å². The van der Waals surface area contributed by atoms with Crippen molar-refractivity contribution in [2.45, 2.75) is 12.6 Å². The Bertz CT molecular complexity index is 483. The summed E-state index contributed by atoms with van der Waals surface area (Å²) in [4.78, 5) is 6.28. The predicted octanol–water partition coefficient (Wildman–Crippen LogP) is 1.05. The molecule has 0 aliphatic heterocycles. The number of benzene rings is 1.